The highest BCUT2D eigenvalue weighted by Gasteiger charge is 2.30. The van der Waals surface area contributed by atoms with Gasteiger partial charge in [-0.1, -0.05) is 6.92 Å². The average Bonchev–Trinajstić information content (AvgIpc) is 3.12. The van der Waals surface area contributed by atoms with Gasteiger partial charge in [-0.05, 0) is 44.3 Å². The molecule has 3 rings (SSSR count). The molecule has 2 fully saturated rings. The summed E-state index contributed by atoms with van der Waals surface area (Å²) in [7, 11) is 0. The molecule has 6 heteroatoms. The monoisotopic (exact) mass is 282 g/mol. The van der Waals surface area contributed by atoms with Gasteiger partial charge in [-0.25, -0.2) is 4.68 Å². The molecule has 1 saturated carbocycles. The van der Waals surface area contributed by atoms with Crippen molar-refractivity contribution in [1.82, 2.24) is 19.2 Å². The van der Waals surface area contributed by atoms with Gasteiger partial charge in [-0.15, -0.1) is 0 Å². The molecule has 19 heavy (non-hydrogen) atoms. The maximum Gasteiger partial charge on any atom is 0.199 e. The van der Waals surface area contributed by atoms with E-state index in [2.05, 4.69) is 23.8 Å². The van der Waals surface area contributed by atoms with Crippen molar-refractivity contribution in [1.29, 1.82) is 0 Å². The van der Waals surface area contributed by atoms with Gasteiger partial charge in [0.2, 0.25) is 0 Å². The fourth-order valence-electron chi connectivity index (χ4n) is 2.91. The number of hydrogen-bond acceptors (Lipinski definition) is 4. The molecule has 1 N–H and O–H groups in total. The summed E-state index contributed by atoms with van der Waals surface area (Å²) in [6, 6.07) is 1.05. The Balaban J connectivity index is 1.83. The van der Waals surface area contributed by atoms with E-state index in [0.717, 1.165) is 36.7 Å². The molecule has 1 aliphatic carbocycles. The second-order valence-electron chi connectivity index (χ2n) is 5.92. The van der Waals surface area contributed by atoms with Crippen molar-refractivity contribution in [2.45, 2.75) is 58.5 Å². The van der Waals surface area contributed by atoms with Crippen molar-refractivity contribution in [3.63, 3.8) is 0 Å². The fourth-order valence-corrected chi connectivity index (χ4v) is 3.26. The molecule has 1 saturated heterocycles. The Labute approximate surface area is 118 Å². The minimum Gasteiger partial charge on any atom is -0.388 e. The van der Waals surface area contributed by atoms with Crippen molar-refractivity contribution in [3.05, 3.63) is 10.6 Å². The highest BCUT2D eigenvalue weighted by molar-refractivity contribution is 7.71. The zero-order valence-electron chi connectivity index (χ0n) is 11.6. The van der Waals surface area contributed by atoms with Crippen molar-refractivity contribution >= 4 is 12.2 Å². The summed E-state index contributed by atoms with van der Waals surface area (Å²) in [5.74, 6) is 1.45. The molecule has 1 aromatic rings. The van der Waals surface area contributed by atoms with E-state index in [1.165, 1.54) is 6.42 Å². The summed E-state index contributed by atoms with van der Waals surface area (Å²) in [5, 5.41) is 13.9. The zero-order chi connectivity index (χ0) is 13.6. The molecule has 5 nitrogen and oxygen atoms in total. The number of aliphatic hydroxyl groups excluding tert-OH is 1. The van der Waals surface area contributed by atoms with Crippen LogP contribution >= 0.6 is 12.2 Å². The quantitative estimate of drug-likeness (QED) is 0.857. The molecule has 2 aliphatic rings. The van der Waals surface area contributed by atoms with Gasteiger partial charge >= 0.3 is 0 Å². The largest absolute Gasteiger partial charge is 0.388 e. The van der Waals surface area contributed by atoms with Crippen LogP contribution in [0.15, 0.2) is 0 Å². The van der Waals surface area contributed by atoms with E-state index in [1.54, 1.807) is 0 Å². The number of rotatable bonds is 4. The van der Waals surface area contributed by atoms with Crippen LogP contribution in [-0.2, 0) is 13.3 Å². The molecule has 2 atom stereocenters. The first-order valence-corrected chi connectivity index (χ1v) is 7.55. The second kappa shape index (κ2) is 5.00. The molecule has 0 radical (unpaired) electrons. The molecular weight excluding hydrogens is 260 g/mol. The number of nitrogens with zero attached hydrogens (tertiary/aromatic N) is 4. The summed E-state index contributed by atoms with van der Waals surface area (Å²) >= 11 is 5.52. The highest BCUT2D eigenvalue weighted by Crippen LogP contribution is 2.36. The first-order chi connectivity index (χ1) is 9.11. The molecular formula is C13H22N4OS. The lowest BCUT2D eigenvalue weighted by molar-refractivity contribution is 0.183. The van der Waals surface area contributed by atoms with Crippen LogP contribution in [0.1, 0.15) is 45.0 Å². The molecule has 0 aromatic carbocycles. The van der Waals surface area contributed by atoms with Gasteiger partial charge in [0.1, 0.15) is 6.61 Å². The Bertz CT molecular complexity index is 519. The van der Waals surface area contributed by atoms with Crippen LogP contribution in [0.25, 0.3) is 0 Å². The molecule has 106 valence electrons. The van der Waals surface area contributed by atoms with Gasteiger partial charge in [-0.3, -0.25) is 9.47 Å². The van der Waals surface area contributed by atoms with E-state index < -0.39 is 0 Å². The predicted molar refractivity (Wildman–Crippen MR) is 75.2 cm³/mol. The average molecular weight is 282 g/mol. The summed E-state index contributed by atoms with van der Waals surface area (Å²) in [6.45, 7) is 6.39. The van der Waals surface area contributed by atoms with E-state index in [4.69, 9.17) is 12.2 Å². The standard InChI is InChI=1S/C13H22N4OS/c1-9-5-6-15(10(9)2)8-16-13(19)17(11-3-4-11)12(7-18)14-16/h9-11,18H,3-8H2,1-2H3. The Morgan fingerprint density at radius 3 is 2.58 bits per heavy atom. The lowest BCUT2D eigenvalue weighted by Crippen LogP contribution is -2.32. The van der Waals surface area contributed by atoms with Gasteiger partial charge in [-0.2, -0.15) is 5.10 Å². The number of likely N-dealkylation sites (tertiary alicyclic amines) is 1. The van der Waals surface area contributed by atoms with Gasteiger partial charge in [0.25, 0.3) is 0 Å². The van der Waals surface area contributed by atoms with E-state index in [1.807, 2.05) is 9.25 Å². The summed E-state index contributed by atoms with van der Waals surface area (Å²) < 4.78 is 4.69. The van der Waals surface area contributed by atoms with Crippen LogP contribution in [0.3, 0.4) is 0 Å². The van der Waals surface area contributed by atoms with Crippen LogP contribution in [0, 0.1) is 10.7 Å². The summed E-state index contributed by atoms with van der Waals surface area (Å²) in [6.07, 6.45) is 3.55. The summed E-state index contributed by atoms with van der Waals surface area (Å²) in [4.78, 5) is 2.42. The highest BCUT2D eigenvalue weighted by atomic mass is 32.1. The number of hydrogen-bond donors (Lipinski definition) is 1. The first kappa shape index (κ1) is 13.3. The second-order valence-corrected chi connectivity index (χ2v) is 6.28. The lowest BCUT2D eigenvalue weighted by atomic mass is 10.1. The topological polar surface area (TPSA) is 46.2 Å². The molecule has 2 unspecified atom stereocenters. The van der Waals surface area contributed by atoms with E-state index in [-0.39, 0.29) is 6.61 Å². The summed E-state index contributed by atoms with van der Waals surface area (Å²) in [5.41, 5.74) is 0. The molecule has 0 spiro atoms. The van der Waals surface area contributed by atoms with Crippen LogP contribution in [0.2, 0.25) is 0 Å². The SMILES string of the molecule is CC1CCN(Cn2nc(CO)n(C3CC3)c2=S)C1C. The van der Waals surface area contributed by atoms with Crippen molar-refractivity contribution < 1.29 is 5.11 Å². The lowest BCUT2D eigenvalue weighted by Gasteiger charge is -2.22. The maximum absolute atomic E-state index is 9.43. The molecule has 0 bridgehead atoms. The Kier molecular flexibility index (Phi) is 3.49. The van der Waals surface area contributed by atoms with E-state index in [0.29, 0.717) is 17.9 Å². The normalized spacial score (nSPS) is 28.2. The van der Waals surface area contributed by atoms with Crippen molar-refractivity contribution in [2.24, 2.45) is 5.92 Å². The van der Waals surface area contributed by atoms with E-state index in [9.17, 15) is 5.11 Å². The number of aliphatic hydroxyl groups is 1. The molecule has 1 aromatic heterocycles. The third-order valence-corrected chi connectivity index (χ3v) is 4.99. The third kappa shape index (κ3) is 2.37. The van der Waals surface area contributed by atoms with Crippen LogP contribution in [-0.4, -0.2) is 36.9 Å². The van der Waals surface area contributed by atoms with Gasteiger partial charge < -0.3 is 5.11 Å². The van der Waals surface area contributed by atoms with Gasteiger partial charge in [0, 0.05) is 18.6 Å². The predicted octanol–water partition coefficient (Wildman–Crippen LogP) is 1.93. The Morgan fingerprint density at radius 1 is 1.32 bits per heavy atom. The van der Waals surface area contributed by atoms with E-state index >= 15 is 0 Å². The van der Waals surface area contributed by atoms with Crippen LogP contribution in [0.5, 0.6) is 0 Å². The maximum atomic E-state index is 9.43. The minimum absolute atomic E-state index is 0.0287. The van der Waals surface area contributed by atoms with Crippen molar-refractivity contribution in [3.8, 4) is 0 Å². The van der Waals surface area contributed by atoms with Crippen LogP contribution in [0.4, 0.5) is 0 Å². The molecule has 1 aliphatic heterocycles. The van der Waals surface area contributed by atoms with Gasteiger partial charge in [0.05, 0.1) is 6.67 Å². The third-order valence-electron chi connectivity index (χ3n) is 4.58. The van der Waals surface area contributed by atoms with Crippen molar-refractivity contribution in [2.75, 3.05) is 6.54 Å². The first-order valence-electron chi connectivity index (χ1n) is 7.15. The smallest absolute Gasteiger partial charge is 0.199 e. The minimum atomic E-state index is -0.0287. The number of aromatic nitrogens is 3. The Morgan fingerprint density at radius 2 is 2.05 bits per heavy atom. The zero-order valence-corrected chi connectivity index (χ0v) is 12.4. The molecule has 2 heterocycles. The Hall–Kier alpha value is -0.720. The van der Waals surface area contributed by atoms with Crippen LogP contribution < -0.4 is 0 Å². The fraction of sp³-hybridized carbons (Fsp3) is 0.846. The van der Waals surface area contributed by atoms with Gasteiger partial charge in [0.15, 0.2) is 10.6 Å². The molecule has 0 amide bonds.